The van der Waals surface area contributed by atoms with Gasteiger partial charge >= 0.3 is 5.97 Å². The number of methoxy groups -OCH3 is 1. The molecule has 2 heterocycles. The summed E-state index contributed by atoms with van der Waals surface area (Å²) in [6.07, 6.45) is 4.50. The van der Waals surface area contributed by atoms with Crippen LogP contribution >= 0.6 is 0 Å². The van der Waals surface area contributed by atoms with Crippen molar-refractivity contribution in [3.05, 3.63) is 47.2 Å². The van der Waals surface area contributed by atoms with Crippen LogP contribution in [-0.4, -0.2) is 43.2 Å². The van der Waals surface area contributed by atoms with Crippen molar-refractivity contribution < 1.29 is 19.1 Å². The molecule has 0 radical (unpaired) electrons. The van der Waals surface area contributed by atoms with Crippen LogP contribution in [0.1, 0.15) is 65.9 Å². The topological polar surface area (TPSA) is 80.8 Å². The zero-order chi connectivity index (χ0) is 22.4. The van der Waals surface area contributed by atoms with Gasteiger partial charge in [0.2, 0.25) is 0 Å². The Morgan fingerprint density at radius 3 is 2.68 bits per heavy atom. The number of benzene rings is 1. The summed E-state index contributed by atoms with van der Waals surface area (Å²) in [4.78, 5) is 31.8. The summed E-state index contributed by atoms with van der Waals surface area (Å²) in [5.74, 6) is 0.686. The summed E-state index contributed by atoms with van der Waals surface area (Å²) >= 11 is 0. The first-order valence-electron chi connectivity index (χ1n) is 10.9. The highest BCUT2D eigenvalue weighted by Gasteiger charge is 2.24. The minimum absolute atomic E-state index is 0.302. The second kappa shape index (κ2) is 10.3. The standard InChI is InChI=1S/C24H31N3O4/c1-5-18-9-7-8-12-27(18)22-15-19(31-6-2)14-21(26-22)23(28)25-17-10-11-20(16(3)13-17)24(29)30-4/h10-11,13-15,18H,5-9,12H2,1-4H3,(H,25,28). The fourth-order valence-electron chi connectivity index (χ4n) is 4.01. The van der Waals surface area contributed by atoms with Gasteiger partial charge in [-0.25, -0.2) is 9.78 Å². The molecule has 3 rings (SSSR count). The summed E-state index contributed by atoms with van der Waals surface area (Å²) in [6, 6.07) is 9.08. The summed E-state index contributed by atoms with van der Waals surface area (Å²) in [5, 5.41) is 2.88. The van der Waals surface area contributed by atoms with E-state index in [9.17, 15) is 9.59 Å². The van der Waals surface area contributed by atoms with Gasteiger partial charge < -0.3 is 19.7 Å². The van der Waals surface area contributed by atoms with E-state index in [1.54, 1.807) is 31.2 Å². The van der Waals surface area contributed by atoms with Crippen LogP contribution in [0.2, 0.25) is 0 Å². The molecule has 1 saturated heterocycles. The molecule has 0 aliphatic carbocycles. The van der Waals surface area contributed by atoms with Crippen molar-refractivity contribution in [2.45, 2.75) is 52.5 Å². The number of pyridine rings is 1. The zero-order valence-electron chi connectivity index (χ0n) is 18.7. The number of hydrogen-bond acceptors (Lipinski definition) is 6. The summed E-state index contributed by atoms with van der Waals surface area (Å²) in [7, 11) is 1.34. The van der Waals surface area contributed by atoms with Crippen LogP contribution in [0.5, 0.6) is 5.75 Å². The molecule has 1 atom stereocenters. The van der Waals surface area contributed by atoms with Crippen LogP contribution in [0, 0.1) is 6.92 Å². The van der Waals surface area contributed by atoms with Crippen molar-refractivity contribution in [2.75, 3.05) is 30.5 Å². The van der Waals surface area contributed by atoms with Crippen molar-refractivity contribution in [2.24, 2.45) is 0 Å². The van der Waals surface area contributed by atoms with Crippen LogP contribution < -0.4 is 15.0 Å². The van der Waals surface area contributed by atoms with Gasteiger partial charge in [-0.2, -0.15) is 0 Å². The predicted molar refractivity (Wildman–Crippen MR) is 121 cm³/mol. The molecule has 2 aromatic rings. The summed E-state index contributed by atoms with van der Waals surface area (Å²) in [6.45, 7) is 7.34. The lowest BCUT2D eigenvalue weighted by molar-refractivity contribution is 0.0600. The molecule has 1 aliphatic heterocycles. The van der Waals surface area contributed by atoms with Gasteiger partial charge in [0, 0.05) is 30.4 Å². The number of carbonyl (C=O) groups excluding carboxylic acids is 2. The lowest BCUT2D eigenvalue weighted by Gasteiger charge is -2.36. The van der Waals surface area contributed by atoms with Gasteiger partial charge in [-0.1, -0.05) is 6.92 Å². The lowest BCUT2D eigenvalue weighted by atomic mass is 10.00. The van der Waals surface area contributed by atoms with E-state index in [1.807, 2.05) is 13.0 Å². The van der Waals surface area contributed by atoms with E-state index in [2.05, 4.69) is 22.1 Å². The summed E-state index contributed by atoms with van der Waals surface area (Å²) < 4.78 is 10.5. The second-order valence-electron chi connectivity index (χ2n) is 7.71. The molecule has 1 aromatic heterocycles. The van der Waals surface area contributed by atoms with E-state index in [4.69, 9.17) is 9.47 Å². The molecule has 166 valence electrons. The Bertz CT molecular complexity index is 944. The van der Waals surface area contributed by atoms with Gasteiger partial charge in [-0.05, 0) is 63.3 Å². The van der Waals surface area contributed by atoms with Crippen LogP contribution in [0.15, 0.2) is 30.3 Å². The molecule has 31 heavy (non-hydrogen) atoms. The molecule has 7 heteroatoms. The average Bonchev–Trinajstić information content (AvgIpc) is 2.78. The third kappa shape index (κ3) is 5.34. The minimum atomic E-state index is -0.405. The zero-order valence-corrected chi connectivity index (χ0v) is 18.7. The number of amides is 1. The maximum absolute atomic E-state index is 13.0. The smallest absolute Gasteiger partial charge is 0.338 e. The normalized spacial score (nSPS) is 16.0. The largest absolute Gasteiger partial charge is 0.494 e. The first-order chi connectivity index (χ1) is 15.0. The van der Waals surface area contributed by atoms with Crippen LogP contribution in [0.3, 0.4) is 0 Å². The number of ether oxygens (including phenoxy) is 2. The van der Waals surface area contributed by atoms with Crippen molar-refractivity contribution in [1.29, 1.82) is 0 Å². The summed E-state index contributed by atoms with van der Waals surface area (Å²) in [5.41, 5.74) is 2.08. The molecule has 1 aliphatic rings. The first kappa shape index (κ1) is 22.6. The average molecular weight is 426 g/mol. The number of hydrogen-bond donors (Lipinski definition) is 1. The Kier molecular flexibility index (Phi) is 7.50. The maximum Gasteiger partial charge on any atom is 0.338 e. The van der Waals surface area contributed by atoms with E-state index in [-0.39, 0.29) is 5.91 Å². The Morgan fingerprint density at radius 2 is 2.00 bits per heavy atom. The number of rotatable bonds is 7. The van der Waals surface area contributed by atoms with E-state index in [1.165, 1.54) is 13.5 Å². The molecular formula is C24H31N3O4. The van der Waals surface area contributed by atoms with Crippen molar-refractivity contribution in [1.82, 2.24) is 4.98 Å². The Labute approximate surface area is 183 Å². The van der Waals surface area contributed by atoms with Gasteiger partial charge in [-0.15, -0.1) is 0 Å². The van der Waals surface area contributed by atoms with Gasteiger partial charge in [-0.3, -0.25) is 4.79 Å². The van der Waals surface area contributed by atoms with Crippen LogP contribution in [0.4, 0.5) is 11.5 Å². The fourth-order valence-corrected chi connectivity index (χ4v) is 4.01. The van der Waals surface area contributed by atoms with Gasteiger partial charge in [0.25, 0.3) is 5.91 Å². The molecule has 1 aromatic carbocycles. The fraction of sp³-hybridized carbons (Fsp3) is 0.458. The molecular weight excluding hydrogens is 394 g/mol. The molecule has 7 nitrogen and oxygen atoms in total. The molecule has 1 unspecified atom stereocenters. The van der Waals surface area contributed by atoms with E-state index in [0.717, 1.165) is 37.2 Å². The minimum Gasteiger partial charge on any atom is -0.494 e. The van der Waals surface area contributed by atoms with Crippen LogP contribution in [-0.2, 0) is 4.74 Å². The second-order valence-corrected chi connectivity index (χ2v) is 7.71. The maximum atomic E-state index is 13.0. The molecule has 1 N–H and O–H groups in total. The Balaban J connectivity index is 1.87. The van der Waals surface area contributed by atoms with Crippen molar-refractivity contribution in [3.63, 3.8) is 0 Å². The number of piperidine rings is 1. The van der Waals surface area contributed by atoms with E-state index >= 15 is 0 Å². The van der Waals surface area contributed by atoms with Crippen molar-refractivity contribution >= 4 is 23.4 Å². The Hall–Kier alpha value is -3.09. The highest BCUT2D eigenvalue weighted by molar-refractivity contribution is 6.03. The van der Waals surface area contributed by atoms with Gasteiger partial charge in [0.15, 0.2) is 0 Å². The molecule has 0 saturated carbocycles. The molecule has 1 fully saturated rings. The number of esters is 1. The number of aryl methyl sites for hydroxylation is 1. The monoisotopic (exact) mass is 425 g/mol. The van der Waals surface area contributed by atoms with E-state index < -0.39 is 5.97 Å². The predicted octanol–water partition coefficient (Wildman–Crippen LogP) is 4.60. The number of anilines is 2. The molecule has 0 spiro atoms. The first-order valence-corrected chi connectivity index (χ1v) is 10.9. The van der Waals surface area contributed by atoms with Gasteiger partial charge in [0.05, 0.1) is 19.3 Å². The number of aromatic nitrogens is 1. The number of nitrogens with one attached hydrogen (secondary N) is 1. The van der Waals surface area contributed by atoms with Crippen molar-refractivity contribution in [3.8, 4) is 5.75 Å². The highest BCUT2D eigenvalue weighted by atomic mass is 16.5. The lowest BCUT2D eigenvalue weighted by Crippen LogP contribution is -2.39. The molecule has 1 amide bonds. The Morgan fingerprint density at radius 1 is 1.19 bits per heavy atom. The van der Waals surface area contributed by atoms with Gasteiger partial charge in [0.1, 0.15) is 17.3 Å². The number of nitrogens with zero attached hydrogens (tertiary/aromatic N) is 2. The van der Waals surface area contributed by atoms with E-state index in [0.29, 0.717) is 35.3 Å². The number of carbonyl (C=O) groups is 2. The third-order valence-corrected chi connectivity index (χ3v) is 5.61. The third-order valence-electron chi connectivity index (χ3n) is 5.61. The molecule has 0 bridgehead atoms. The SMILES string of the molecule is CCOc1cc(C(=O)Nc2ccc(C(=O)OC)c(C)c2)nc(N2CCCCC2CC)c1. The van der Waals surface area contributed by atoms with Crippen LogP contribution in [0.25, 0.3) is 0 Å². The highest BCUT2D eigenvalue weighted by Crippen LogP contribution is 2.29. The quantitative estimate of drug-likeness (QED) is 0.653.